The Bertz CT molecular complexity index is 1130. The summed E-state index contributed by atoms with van der Waals surface area (Å²) >= 11 is 0. The van der Waals surface area contributed by atoms with Crippen molar-refractivity contribution in [2.75, 3.05) is 20.8 Å². The fourth-order valence-electron chi connectivity index (χ4n) is 3.91. The van der Waals surface area contributed by atoms with Gasteiger partial charge in [-0.15, -0.1) is 0 Å². The summed E-state index contributed by atoms with van der Waals surface area (Å²) in [6.07, 6.45) is 5.16. The van der Waals surface area contributed by atoms with Gasteiger partial charge < -0.3 is 19.4 Å². The summed E-state index contributed by atoms with van der Waals surface area (Å²) in [7, 11) is 3.14. The number of ether oxygens (including phenoxy) is 2. The molecule has 31 heavy (non-hydrogen) atoms. The van der Waals surface area contributed by atoms with E-state index < -0.39 is 0 Å². The second-order valence-electron chi connectivity index (χ2n) is 7.37. The third-order valence-electron chi connectivity index (χ3n) is 5.41. The summed E-state index contributed by atoms with van der Waals surface area (Å²) in [6, 6.07) is 10.3. The number of hydrogen-bond donors (Lipinski definition) is 1. The predicted octanol–water partition coefficient (Wildman–Crippen LogP) is 2.76. The number of likely N-dealkylation sites (tertiary alicyclic amines) is 1. The first-order valence-electron chi connectivity index (χ1n) is 10.1. The number of pyridine rings is 1. The molecule has 0 unspecified atom stereocenters. The Labute approximate surface area is 179 Å². The van der Waals surface area contributed by atoms with Crippen molar-refractivity contribution in [3.8, 4) is 22.8 Å². The number of aromatic amines is 1. The number of rotatable bonds is 6. The van der Waals surface area contributed by atoms with Crippen molar-refractivity contribution in [2.45, 2.75) is 25.3 Å². The highest BCUT2D eigenvalue weighted by atomic mass is 16.5. The molecule has 1 aliphatic rings. The Hall–Kier alpha value is -3.68. The van der Waals surface area contributed by atoms with E-state index >= 15 is 0 Å². The predicted molar refractivity (Wildman–Crippen MR) is 115 cm³/mol. The topological polar surface area (TPSA) is 97.4 Å². The van der Waals surface area contributed by atoms with Crippen LogP contribution in [0.1, 0.15) is 30.3 Å². The number of benzene rings is 1. The van der Waals surface area contributed by atoms with Crippen LogP contribution in [0.15, 0.2) is 53.6 Å². The Morgan fingerprint density at radius 1 is 1.19 bits per heavy atom. The third-order valence-corrected chi connectivity index (χ3v) is 5.41. The number of nitrogens with one attached hydrogen (secondary N) is 1. The SMILES string of the molecule is COc1ccc(CC(=O)N2CCC[C@H]2c2nc(-c3cccnc3)cc(=O)[nH]2)cc1OC. The molecular weight excluding hydrogens is 396 g/mol. The monoisotopic (exact) mass is 420 g/mol. The van der Waals surface area contributed by atoms with Gasteiger partial charge in [0.25, 0.3) is 5.56 Å². The highest BCUT2D eigenvalue weighted by molar-refractivity contribution is 5.79. The number of nitrogens with zero attached hydrogens (tertiary/aromatic N) is 3. The molecule has 4 rings (SSSR count). The van der Waals surface area contributed by atoms with Crippen LogP contribution in [-0.4, -0.2) is 46.5 Å². The average molecular weight is 420 g/mol. The van der Waals surface area contributed by atoms with Crippen molar-refractivity contribution >= 4 is 5.91 Å². The second-order valence-corrected chi connectivity index (χ2v) is 7.37. The second kappa shape index (κ2) is 8.99. The molecule has 3 aromatic rings. The largest absolute Gasteiger partial charge is 0.493 e. The van der Waals surface area contributed by atoms with E-state index in [-0.39, 0.29) is 23.9 Å². The fourth-order valence-corrected chi connectivity index (χ4v) is 3.91. The van der Waals surface area contributed by atoms with Crippen LogP contribution in [-0.2, 0) is 11.2 Å². The summed E-state index contributed by atoms with van der Waals surface area (Å²) in [5.74, 6) is 1.68. The van der Waals surface area contributed by atoms with Gasteiger partial charge in [-0.3, -0.25) is 14.6 Å². The van der Waals surface area contributed by atoms with Crippen LogP contribution in [0.25, 0.3) is 11.3 Å². The fraction of sp³-hybridized carbons (Fsp3) is 0.304. The Morgan fingerprint density at radius 2 is 2.03 bits per heavy atom. The molecule has 1 atom stereocenters. The van der Waals surface area contributed by atoms with Crippen molar-refractivity contribution < 1.29 is 14.3 Å². The smallest absolute Gasteiger partial charge is 0.251 e. The standard InChI is InChI=1S/C23H24N4O4/c1-30-19-8-7-15(11-20(19)31-2)12-22(29)27-10-4-6-18(27)23-25-17(13-21(28)26-23)16-5-3-9-24-14-16/h3,5,7-9,11,13-14,18H,4,6,10,12H2,1-2H3,(H,25,26,28)/t18-/m0/s1. The molecule has 1 N–H and O–H groups in total. The van der Waals surface area contributed by atoms with Crippen LogP contribution in [0.4, 0.5) is 0 Å². The van der Waals surface area contributed by atoms with Crippen molar-refractivity contribution in [1.29, 1.82) is 0 Å². The van der Waals surface area contributed by atoms with Crippen molar-refractivity contribution in [3.05, 3.63) is 70.5 Å². The summed E-state index contributed by atoms with van der Waals surface area (Å²) in [4.78, 5) is 38.8. The molecule has 2 aromatic heterocycles. The number of H-pyrrole nitrogens is 1. The minimum atomic E-state index is -0.267. The number of amides is 1. The quantitative estimate of drug-likeness (QED) is 0.659. The van der Waals surface area contributed by atoms with E-state index in [0.717, 1.165) is 24.0 Å². The number of methoxy groups -OCH3 is 2. The van der Waals surface area contributed by atoms with Crippen LogP contribution < -0.4 is 15.0 Å². The first-order chi connectivity index (χ1) is 15.1. The lowest BCUT2D eigenvalue weighted by Gasteiger charge is -2.24. The molecule has 160 valence electrons. The molecule has 1 fully saturated rings. The molecule has 0 bridgehead atoms. The van der Waals surface area contributed by atoms with Gasteiger partial charge in [-0.2, -0.15) is 0 Å². The van der Waals surface area contributed by atoms with Crippen molar-refractivity contribution in [2.24, 2.45) is 0 Å². The van der Waals surface area contributed by atoms with E-state index in [4.69, 9.17) is 9.47 Å². The summed E-state index contributed by atoms with van der Waals surface area (Å²) < 4.78 is 10.6. The van der Waals surface area contributed by atoms with E-state index in [9.17, 15) is 9.59 Å². The van der Waals surface area contributed by atoms with Gasteiger partial charge in [0, 0.05) is 30.6 Å². The van der Waals surface area contributed by atoms with Crippen LogP contribution in [0.3, 0.4) is 0 Å². The lowest BCUT2D eigenvalue weighted by atomic mass is 10.1. The van der Waals surface area contributed by atoms with Crippen molar-refractivity contribution in [1.82, 2.24) is 19.9 Å². The normalized spacial score (nSPS) is 15.7. The first kappa shape index (κ1) is 20.6. The van der Waals surface area contributed by atoms with Crippen LogP contribution >= 0.6 is 0 Å². The highest BCUT2D eigenvalue weighted by Crippen LogP contribution is 2.32. The third kappa shape index (κ3) is 4.42. The number of aromatic nitrogens is 3. The van der Waals surface area contributed by atoms with E-state index in [0.29, 0.717) is 29.6 Å². The van der Waals surface area contributed by atoms with Crippen LogP contribution in [0, 0.1) is 0 Å². The van der Waals surface area contributed by atoms with Gasteiger partial charge in [0.1, 0.15) is 5.82 Å². The molecule has 1 aliphatic heterocycles. The van der Waals surface area contributed by atoms with Gasteiger partial charge in [-0.1, -0.05) is 6.07 Å². The Balaban J connectivity index is 1.58. The highest BCUT2D eigenvalue weighted by Gasteiger charge is 2.32. The van der Waals surface area contributed by atoms with Crippen LogP contribution in [0.5, 0.6) is 11.5 Å². The van der Waals surface area contributed by atoms with Crippen LogP contribution in [0.2, 0.25) is 0 Å². The molecule has 0 spiro atoms. The average Bonchev–Trinajstić information content (AvgIpc) is 3.29. The zero-order chi connectivity index (χ0) is 21.8. The molecule has 0 radical (unpaired) electrons. The van der Waals surface area contributed by atoms with Gasteiger partial charge >= 0.3 is 0 Å². The number of carbonyl (C=O) groups is 1. The molecule has 1 amide bonds. The minimum absolute atomic E-state index is 0.0239. The van der Waals surface area contributed by atoms with Gasteiger partial charge in [0.15, 0.2) is 11.5 Å². The molecule has 8 heteroatoms. The Kier molecular flexibility index (Phi) is 5.97. The van der Waals surface area contributed by atoms with Crippen molar-refractivity contribution in [3.63, 3.8) is 0 Å². The van der Waals surface area contributed by atoms with E-state index in [1.807, 2.05) is 18.2 Å². The zero-order valence-electron chi connectivity index (χ0n) is 17.5. The minimum Gasteiger partial charge on any atom is -0.493 e. The van der Waals surface area contributed by atoms with Gasteiger partial charge in [0.2, 0.25) is 5.91 Å². The molecule has 8 nitrogen and oxygen atoms in total. The maximum absolute atomic E-state index is 13.1. The van der Waals surface area contributed by atoms with E-state index in [1.165, 1.54) is 6.07 Å². The lowest BCUT2D eigenvalue weighted by Crippen LogP contribution is -2.33. The zero-order valence-corrected chi connectivity index (χ0v) is 17.5. The van der Waals surface area contributed by atoms with E-state index in [2.05, 4.69) is 15.0 Å². The van der Waals surface area contributed by atoms with Gasteiger partial charge in [-0.25, -0.2) is 4.98 Å². The molecular formula is C23H24N4O4. The summed E-state index contributed by atoms with van der Waals surface area (Å²) in [5, 5.41) is 0. The molecule has 0 saturated carbocycles. The molecule has 0 aliphatic carbocycles. The number of hydrogen-bond acceptors (Lipinski definition) is 6. The molecule has 1 aromatic carbocycles. The maximum Gasteiger partial charge on any atom is 0.251 e. The number of carbonyl (C=O) groups excluding carboxylic acids is 1. The first-order valence-corrected chi connectivity index (χ1v) is 10.1. The summed E-state index contributed by atoms with van der Waals surface area (Å²) in [5.41, 5.74) is 1.89. The van der Waals surface area contributed by atoms with E-state index in [1.54, 1.807) is 43.6 Å². The molecule has 1 saturated heterocycles. The van der Waals surface area contributed by atoms with Gasteiger partial charge in [-0.05, 0) is 42.7 Å². The summed E-state index contributed by atoms with van der Waals surface area (Å²) in [6.45, 7) is 0.623. The Morgan fingerprint density at radius 3 is 2.77 bits per heavy atom. The maximum atomic E-state index is 13.1. The lowest BCUT2D eigenvalue weighted by molar-refractivity contribution is -0.131. The van der Waals surface area contributed by atoms with Gasteiger partial charge in [0.05, 0.1) is 32.4 Å². The molecule has 3 heterocycles.